The Morgan fingerprint density at radius 1 is 1.19 bits per heavy atom. The van der Waals surface area contributed by atoms with Crippen molar-refractivity contribution in [1.82, 2.24) is 5.32 Å². The molecular formula is C19H17NO5S. The van der Waals surface area contributed by atoms with E-state index >= 15 is 0 Å². The van der Waals surface area contributed by atoms with Crippen LogP contribution in [0.3, 0.4) is 0 Å². The molecule has 1 fully saturated rings. The fourth-order valence-electron chi connectivity index (χ4n) is 2.75. The van der Waals surface area contributed by atoms with E-state index in [1.54, 1.807) is 0 Å². The molecule has 6 nitrogen and oxygen atoms in total. The topological polar surface area (TPSA) is 92.7 Å². The first-order valence-corrected chi connectivity index (χ1v) is 9.13. The maximum absolute atomic E-state index is 11.8. The van der Waals surface area contributed by atoms with Gasteiger partial charge in [-0.3, -0.25) is 19.7 Å². The van der Waals surface area contributed by atoms with E-state index in [2.05, 4.69) is 17.4 Å². The van der Waals surface area contributed by atoms with Crippen LogP contribution < -0.4 is 10.1 Å². The smallest absolute Gasteiger partial charge is 0.303 e. The number of fused-ring (bicyclic) bond motifs is 1. The van der Waals surface area contributed by atoms with Gasteiger partial charge in [0, 0.05) is 23.8 Å². The summed E-state index contributed by atoms with van der Waals surface area (Å²) < 4.78 is 5.75. The van der Waals surface area contributed by atoms with Crippen molar-refractivity contribution in [3.05, 3.63) is 42.0 Å². The van der Waals surface area contributed by atoms with E-state index in [0.29, 0.717) is 31.6 Å². The first-order chi connectivity index (χ1) is 12.5. The zero-order valence-electron chi connectivity index (χ0n) is 13.9. The molecule has 1 aliphatic rings. The molecule has 26 heavy (non-hydrogen) atoms. The van der Waals surface area contributed by atoms with Crippen LogP contribution in [0.4, 0.5) is 4.79 Å². The minimum Gasteiger partial charge on any atom is -0.485 e. The molecular weight excluding hydrogens is 354 g/mol. The zero-order chi connectivity index (χ0) is 18.5. The monoisotopic (exact) mass is 371 g/mol. The number of rotatable bonds is 8. The van der Waals surface area contributed by atoms with Crippen LogP contribution in [0.15, 0.2) is 24.3 Å². The summed E-state index contributed by atoms with van der Waals surface area (Å²) in [6, 6.07) is 13.6. The number of unbranched alkanes of at least 4 members (excludes halogenated alkanes) is 1. The van der Waals surface area contributed by atoms with Gasteiger partial charge in [-0.05, 0) is 30.4 Å². The van der Waals surface area contributed by atoms with Crippen LogP contribution in [0.25, 0.3) is 10.8 Å². The summed E-state index contributed by atoms with van der Waals surface area (Å²) in [4.78, 5) is 33.7. The average Bonchev–Trinajstić information content (AvgIpc) is 2.93. The molecule has 1 atom stereocenters. The number of nitrogens with one attached hydrogen (secondary N) is 1. The number of carboxylic acid groups (broad SMARTS) is 1. The molecule has 134 valence electrons. The molecule has 7 heteroatoms. The summed E-state index contributed by atoms with van der Waals surface area (Å²) >= 11 is 0.990. The average molecular weight is 371 g/mol. The molecule has 0 spiro atoms. The van der Waals surface area contributed by atoms with Crippen LogP contribution in [0.5, 0.6) is 5.75 Å². The third kappa shape index (κ3) is 4.27. The van der Waals surface area contributed by atoms with Crippen LogP contribution in [0, 0.1) is 12.1 Å². The number of carboxylic acids is 1. The summed E-state index contributed by atoms with van der Waals surface area (Å²) in [7, 11) is 0. The van der Waals surface area contributed by atoms with E-state index in [1.165, 1.54) is 0 Å². The van der Waals surface area contributed by atoms with Crippen molar-refractivity contribution in [2.24, 2.45) is 0 Å². The highest BCUT2D eigenvalue weighted by molar-refractivity contribution is 8.15. The summed E-state index contributed by atoms with van der Waals surface area (Å²) in [5.74, 6) is -0.539. The molecule has 1 aliphatic heterocycles. The number of amides is 2. The van der Waals surface area contributed by atoms with Crippen molar-refractivity contribution >= 4 is 39.7 Å². The molecule has 3 rings (SSSR count). The summed E-state index contributed by atoms with van der Waals surface area (Å²) in [5.41, 5.74) is 0.807. The first kappa shape index (κ1) is 18.1. The summed E-state index contributed by atoms with van der Waals surface area (Å²) in [5, 5.41) is 11.9. The second-order valence-corrected chi connectivity index (χ2v) is 7.07. The lowest BCUT2D eigenvalue weighted by Crippen LogP contribution is -2.25. The highest BCUT2D eigenvalue weighted by Crippen LogP contribution is 2.29. The molecule has 1 saturated heterocycles. The Morgan fingerprint density at radius 2 is 1.96 bits per heavy atom. The van der Waals surface area contributed by atoms with Crippen molar-refractivity contribution in [3.63, 3.8) is 0 Å². The molecule has 1 heterocycles. The number of hydrogen-bond donors (Lipinski definition) is 2. The minimum absolute atomic E-state index is 0.124. The van der Waals surface area contributed by atoms with Gasteiger partial charge >= 0.3 is 5.97 Å². The van der Waals surface area contributed by atoms with Crippen LogP contribution in [0.2, 0.25) is 0 Å². The van der Waals surface area contributed by atoms with Crippen LogP contribution in [0.1, 0.15) is 24.8 Å². The zero-order valence-corrected chi connectivity index (χ0v) is 14.7. The Balaban J connectivity index is 1.73. The number of aliphatic carboxylic acids is 1. The van der Waals surface area contributed by atoms with E-state index in [0.717, 1.165) is 28.1 Å². The van der Waals surface area contributed by atoms with Gasteiger partial charge in [-0.1, -0.05) is 36.0 Å². The third-order valence-corrected chi connectivity index (χ3v) is 4.99. The molecule has 0 aromatic heterocycles. The molecule has 2 N–H and O–H groups in total. The summed E-state index contributed by atoms with van der Waals surface area (Å²) in [6.07, 6.45) is 1.70. The molecule has 0 bridgehead atoms. The quantitative estimate of drug-likeness (QED) is 0.693. The number of imide groups is 1. The van der Waals surface area contributed by atoms with E-state index in [4.69, 9.17) is 9.84 Å². The van der Waals surface area contributed by atoms with Gasteiger partial charge in [0.15, 0.2) is 5.75 Å². The summed E-state index contributed by atoms with van der Waals surface area (Å²) in [6.45, 7) is 0.399. The number of benzene rings is 1. The lowest BCUT2D eigenvalue weighted by atomic mass is 10.0. The third-order valence-electron chi connectivity index (χ3n) is 4.01. The lowest BCUT2D eigenvalue weighted by molar-refractivity contribution is -0.137. The van der Waals surface area contributed by atoms with Crippen molar-refractivity contribution < 1.29 is 24.2 Å². The van der Waals surface area contributed by atoms with Gasteiger partial charge in [0.25, 0.3) is 5.24 Å². The van der Waals surface area contributed by atoms with Crippen molar-refractivity contribution in [3.8, 4) is 5.75 Å². The molecule has 2 aromatic rings. The van der Waals surface area contributed by atoms with Crippen LogP contribution in [-0.4, -0.2) is 34.1 Å². The first-order valence-electron chi connectivity index (χ1n) is 8.25. The fourth-order valence-corrected chi connectivity index (χ4v) is 3.59. The van der Waals surface area contributed by atoms with Gasteiger partial charge in [-0.15, -0.1) is 0 Å². The van der Waals surface area contributed by atoms with Gasteiger partial charge < -0.3 is 9.84 Å². The van der Waals surface area contributed by atoms with Gasteiger partial charge in [0.2, 0.25) is 5.91 Å². The fraction of sp³-hybridized carbons (Fsp3) is 0.316. The van der Waals surface area contributed by atoms with E-state index in [1.807, 2.05) is 24.3 Å². The molecule has 0 aliphatic carbocycles. The van der Waals surface area contributed by atoms with Gasteiger partial charge in [-0.25, -0.2) is 0 Å². The molecule has 0 radical (unpaired) electrons. The SMILES string of the molecule is O=C(O)CCCCOc1c#cc(CC2SC(=O)NC2=O)c2ccccc12. The molecule has 0 saturated carbocycles. The normalized spacial score (nSPS) is 16.4. The maximum Gasteiger partial charge on any atom is 0.303 e. The standard InChI is InChI=1S/C19H17NO5S/c21-17(22)7-3-4-10-25-15-9-8-12(13-5-1-2-6-14(13)15)11-16-18(23)20-19(24)26-16/h1-2,5-6,16H,3-4,7,10-11H2,(H,21,22)(H,20,23,24). The van der Waals surface area contributed by atoms with Gasteiger partial charge in [-0.2, -0.15) is 0 Å². The maximum atomic E-state index is 11.8. The Hall–Kier alpha value is -2.72. The molecule has 1 unspecified atom stereocenters. The van der Waals surface area contributed by atoms with E-state index in [-0.39, 0.29) is 17.6 Å². The number of hydrogen-bond acceptors (Lipinski definition) is 5. The number of thioether (sulfide) groups is 1. The molecule has 2 amide bonds. The second kappa shape index (κ2) is 8.11. The van der Waals surface area contributed by atoms with Crippen molar-refractivity contribution in [1.29, 1.82) is 0 Å². The van der Waals surface area contributed by atoms with Crippen molar-refractivity contribution in [2.45, 2.75) is 30.9 Å². The predicted molar refractivity (Wildman–Crippen MR) is 97.2 cm³/mol. The minimum atomic E-state index is -0.813. The van der Waals surface area contributed by atoms with Crippen LogP contribution in [-0.2, 0) is 16.0 Å². The number of carbonyl (C=O) groups excluding carboxylic acids is 2. The second-order valence-electron chi connectivity index (χ2n) is 5.89. The Bertz CT molecular complexity index is 851. The Morgan fingerprint density at radius 3 is 2.65 bits per heavy atom. The number of carbonyl (C=O) groups is 3. The van der Waals surface area contributed by atoms with Crippen LogP contribution >= 0.6 is 11.8 Å². The highest BCUT2D eigenvalue weighted by atomic mass is 32.2. The lowest BCUT2D eigenvalue weighted by Gasteiger charge is -2.10. The largest absolute Gasteiger partial charge is 0.485 e. The Kier molecular flexibility index (Phi) is 5.64. The van der Waals surface area contributed by atoms with Gasteiger partial charge in [0.05, 0.1) is 11.9 Å². The van der Waals surface area contributed by atoms with E-state index in [9.17, 15) is 14.4 Å². The van der Waals surface area contributed by atoms with Gasteiger partial charge in [0.1, 0.15) is 0 Å². The van der Waals surface area contributed by atoms with Crippen molar-refractivity contribution in [2.75, 3.05) is 6.61 Å². The predicted octanol–water partition coefficient (Wildman–Crippen LogP) is 2.97. The molecule has 2 aromatic carbocycles. The van der Waals surface area contributed by atoms with E-state index < -0.39 is 11.2 Å². The Labute approximate surface area is 154 Å². The highest BCUT2D eigenvalue weighted by Gasteiger charge is 2.32. The number of ether oxygens (including phenoxy) is 1.